The van der Waals surface area contributed by atoms with Crippen molar-refractivity contribution in [2.75, 3.05) is 0 Å². The van der Waals surface area contributed by atoms with Crippen LogP contribution in [0.2, 0.25) is 0 Å². The summed E-state index contributed by atoms with van der Waals surface area (Å²) in [4.78, 5) is 0. The number of aryl methyl sites for hydroxylation is 2. The van der Waals surface area contributed by atoms with Crippen molar-refractivity contribution >= 4 is 15.9 Å². The van der Waals surface area contributed by atoms with Gasteiger partial charge in [0.05, 0.1) is 0 Å². The van der Waals surface area contributed by atoms with E-state index in [4.69, 9.17) is 5.73 Å². The fraction of sp³-hybridized carbons (Fsp3) is 0.294. The molecule has 0 radical (unpaired) electrons. The van der Waals surface area contributed by atoms with E-state index in [-0.39, 0.29) is 6.04 Å². The maximum Gasteiger partial charge on any atom is 0.0306 e. The standard InChI is InChI=1S/C17H20BrN/c1-13-10-11-15(16(18)12-13)17(19)9-5-8-14-6-3-2-4-7-14/h2-4,6-7,10-12,17H,5,8-9,19H2,1H3. The third-order valence-electron chi connectivity index (χ3n) is 3.38. The smallest absolute Gasteiger partial charge is 0.0306 e. The number of halogens is 1. The molecule has 2 rings (SSSR count). The second-order valence-corrected chi connectivity index (χ2v) is 5.86. The first-order valence-corrected chi connectivity index (χ1v) is 7.51. The first-order chi connectivity index (χ1) is 9.16. The van der Waals surface area contributed by atoms with Crippen molar-refractivity contribution in [1.82, 2.24) is 0 Å². The van der Waals surface area contributed by atoms with Crippen molar-refractivity contribution < 1.29 is 0 Å². The van der Waals surface area contributed by atoms with Crippen LogP contribution in [-0.4, -0.2) is 0 Å². The van der Waals surface area contributed by atoms with Crippen LogP contribution in [0.4, 0.5) is 0 Å². The monoisotopic (exact) mass is 317 g/mol. The zero-order chi connectivity index (χ0) is 13.7. The van der Waals surface area contributed by atoms with Gasteiger partial charge in [-0.05, 0) is 48.9 Å². The van der Waals surface area contributed by atoms with E-state index in [1.165, 1.54) is 16.7 Å². The van der Waals surface area contributed by atoms with Crippen LogP contribution in [0.15, 0.2) is 53.0 Å². The average molecular weight is 318 g/mol. The molecular formula is C17H20BrN. The Labute approximate surface area is 124 Å². The van der Waals surface area contributed by atoms with Gasteiger partial charge in [-0.25, -0.2) is 0 Å². The molecule has 0 spiro atoms. The van der Waals surface area contributed by atoms with Gasteiger partial charge < -0.3 is 5.73 Å². The maximum atomic E-state index is 6.28. The molecule has 19 heavy (non-hydrogen) atoms. The van der Waals surface area contributed by atoms with Crippen LogP contribution in [0.1, 0.15) is 35.6 Å². The Morgan fingerprint density at radius 2 is 1.84 bits per heavy atom. The van der Waals surface area contributed by atoms with Gasteiger partial charge in [0, 0.05) is 10.5 Å². The summed E-state index contributed by atoms with van der Waals surface area (Å²) in [6.45, 7) is 2.09. The lowest BCUT2D eigenvalue weighted by Gasteiger charge is -2.14. The Bertz CT molecular complexity index is 522. The van der Waals surface area contributed by atoms with Crippen molar-refractivity contribution in [3.63, 3.8) is 0 Å². The van der Waals surface area contributed by atoms with Gasteiger partial charge in [-0.15, -0.1) is 0 Å². The van der Waals surface area contributed by atoms with E-state index in [2.05, 4.69) is 71.4 Å². The molecule has 0 amide bonds. The highest BCUT2D eigenvalue weighted by molar-refractivity contribution is 9.10. The van der Waals surface area contributed by atoms with Crippen molar-refractivity contribution in [1.29, 1.82) is 0 Å². The minimum atomic E-state index is 0.110. The fourth-order valence-corrected chi connectivity index (χ4v) is 3.05. The molecule has 0 fully saturated rings. The Kier molecular flexibility index (Phi) is 5.17. The van der Waals surface area contributed by atoms with E-state index in [1.54, 1.807) is 0 Å². The summed E-state index contributed by atoms with van der Waals surface area (Å²) >= 11 is 3.60. The summed E-state index contributed by atoms with van der Waals surface area (Å²) in [6, 6.07) is 17.1. The highest BCUT2D eigenvalue weighted by atomic mass is 79.9. The largest absolute Gasteiger partial charge is 0.324 e. The molecule has 2 N–H and O–H groups in total. The third-order valence-corrected chi connectivity index (χ3v) is 4.07. The molecule has 2 aromatic carbocycles. The van der Waals surface area contributed by atoms with Gasteiger partial charge in [0.25, 0.3) is 0 Å². The Morgan fingerprint density at radius 3 is 2.53 bits per heavy atom. The maximum absolute atomic E-state index is 6.28. The van der Waals surface area contributed by atoms with Crippen molar-refractivity contribution in [3.8, 4) is 0 Å². The Hall–Kier alpha value is -1.12. The number of hydrogen-bond acceptors (Lipinski definition) is 1. The summed E-state index contributed by atoms with van der Waals surface area (Å²) < 4.78 is 1.12. The highest BCUT2D eigenvalue weighted by Crippen LogP contribution is 2.26. The topological polar surface area (TPSA) is 26.0 Å². The summed E-state index contributed by atoms with van der Waals surface area (Å²) in [5, 5.41) is 0. The first kappa shape index (κ1) is 14.3. The first-order valence-electron chi connectivity index (χ1n) is 6.72. The van der Waals surface area contributed by atoms with Crippen LogP contribution in [-0.2, 0) is 6.42 Å². The minimum absolute atomic E-state index is 0.110. The molecule has 0 aliphatic rings. The highest BCUT2D eigenvalue weighted by Gasteiger charge is 2.09. The quantitative estimate of drug-likeness (QED) is 0.843. The number of benzene rings is 2. The molecule has 1 unspecified atom stereocenters. The second-order valence-electron chi connectivity index (χ2n) is 5.01. The van der Waals surface area contributed by atoms with Gasteiger partial charge in [0.1, 0.15) is 0 Å². The lowest BCUT2D eigenvalue weighted by atomic mass is 9.99. The molecule has 1 nitrogen and oxygen atoms in total. The molecule has 0 bridgehead atoms. The number of rotatable bonds is 5. The van der Waals surface area contributed by atoms with Gasteiger partial charge in [0.15, 0.2) is 0 Å². The average Bonchev–Trinajstić information content (AvgIpc) is 2.39. The summed E-state index contributed by atoms with van der Waals surface area (Å²) in [5.41, 5.74) is 10.1. The van der Waals surface area contributed by atoms with Crippen LogP contribution >= 0.6 is 15.9 Å². The van der Waals surface area contributed by atoms with Crippen LogP contribution in [0, 0.1) is 6.92 Å². The van der Waals surface area contributed by atoms with Gasteiger partial charge in [-0.1, -0.05) is 58.4 Å². The van der Waals surface area contributed by atoms with Crippen molar-refractivity contribution in [2.45, 2.75) is 32.2 Å². The van der Waals surface area contributed by atoms with Gasteiger partial charge in [-0.3, -0.25) is 0 Å². The molecule has 1 atom stereocenters. The summed E-state index contributed by atoms with van der Waals surface area (Å²) in [7, 11) is 0. The van der Waals surface area contributed by atoms with Crippen LogP contribution in [0.3, 0.4) is 0 Å². The normalized spacial score (nSPS) is 12.4. The van der Waals surface area contributed by atoms with Crippen LogP contribution < -0.4 is 5.73 Å². The van der Waals surface area contributed by atoms with E-state index in [1.807, 2.05) is 0 Å². The van der Waals surface area contributed by atoms with E-state index in [0.717, 1.165) is 23.7 Å². The molecule has 0 aliphatic heterocycles. The number of nitrogens with two attached hydrogens (primary N) is 1. The molecule has 0 aliphatic carbocycles. The summed E-state index contributed by atoms with van der Waals surface area (Å²) in [5.74, 6) is 0. The molecule has 0 aromatic heterocycles. The lowest BCUT2D eigenvalue weighted by molar-refractivity contribution is 0.609. The lowest BCUT2D eigenvalue weighted by Crippen LogP contribution is -2.11. The second kappa shape index (κ2) is 6.88. The molecule has 2 heteroatoms. The van der Waals surface area contributed by atoms with Gasteiger partial charge in [-0.2, -0.15) is 0 Å². The van der Waals surface area contributed by atoms with E-state index in [0.29, 0.717) is 0 Å². The fourth-order valence-electron chi connectivity index (χ4n) is 2.26. The SMILES string of the molecule is Cc1ccc(C(N)CCCc2ccccc2)c(Br)c1. The minimum Gasteiger partial charge on any atom is -0.324 e. The van der Waals surface area contributed by atoms with E-state index >= 15 is 0 Å². The predicted molar refractivity (Wildman–Crippen MR) is 85.2 cm³/mol. The summed E-state index contributed by atoms with van der Waals surface area (Å²) in [6.07, 6.45) is 3.22. The molecule has 0 saturated carbocycles. The predicted octanol–water partition coefficient (Wildman–Crippen LogP) is 4.78. The number of hydrogen-bond donors (Lipinski definition) is 1. The van der Waals surface area contributed by atoms with Crippen LogP contribution in [0.5, 0.6) is 0 Å². The molecule has 100 valence electrons. The molecular weight excluding hydrogens is 298 g/mol. The third kappa shape index (κ3) is 4.19. The zero-order valence-corrected chi connectivity index (χ0v) is 12.9. The Morgan fingerprint density at radius 1 is 1.11 bits per heavy atom. The van der Waals surface area contributed by atoms with E-state index in [9.17, 15) is 0 Å². The molecule has 0 saturated heterocycles. The van der Waals surface area contributed by atoms with Crippen molar-refractivity contribution in [2.24, 2.45) is 5.73 Å². The van der Waals surface area contributed by atoms with Crippen molar-refractivity contribution in [3.05, 3.63) is 69.7 Å². The van der Waals surface area contributed by atoms with Crippen LogP contribution in [0.25, 0.3) is 0 Å². The van der Waals surface area contributed by atoms with Gasteiger partial charge >= 0.3 is 0 Å². The van der Waals surface area contributed by atoms with E-state index < -0.39 is 0 Å². The molecule has 0 heterocycles. The zero-order valence-electron chi connectivity index (χ0n) is 11.3. The van der Waals surface area contributed by atoms with Gasteiger partial charge in [0.2, 0.25) is 0 Å². The Balaban J connectivity index is 1.89. The molecule has 2 aromatic rings.